The molecule has 19 heavy (non-hydrogen) atoms. The molecule has 1 aromatic carbocycles. The van der Waals surface area contributed by atoms with E-state index >= 15 is 0 Å². The average Bonchev–Trinajstić information content (AvgIpc) is 2.43. The first-order valence-electron chi connectivity index (χ1n) is 6.74. The van der Waals surface area contributed by atoms with E-state index in [9.17, 15) is 0 Å². The van der Waals surface area contributed by atoms with Crippen molar-refractivity contribution in [2.24, 2.45) is 9.98 Å². The van der Waals surface area contributed by atoms with E-state index in [1.807, 2.05) is 32.0 Å². The summed E-state index contributed by atoms with van der Waals surface area (Å²) in [4.78, 5) is 9.04. The van der Waals surface area contributed by atoms with Crippen LogP contribution in [0.3, 0.4) is 0 Å². The molecule has 0 aromatic heterocycles. The van der Waals surface area contributed by atoms with Gasteiger partial charge in [0.1, 0.15) is 12.6 Å². The summed E-state index contributed by atoms with van der Waals surface area (Å²) in [5.41, 5.74) is 1.22. The van der Waals surface area contributed by atoms with Gasteiger partial charge in [-0.2, -0.15) is 0 Å². The largest absolute Gasteiger partial charge is 0.480 e. The van der Waals surface area contributed by atoms with Gasteiger partial charge >= 0.3 is 0 Å². The van der Waals surface area contributed by atoms with E-state index in [-0.39, 0.29) is 6.04 Å². The Morgan fingerprint density at radius 1 is 1.11 bits per heavy atom. The third-order valence-corrected chi connectivity index (χ3v) is 2.83. The third-order valence-electron chi connectivity index (χ3n) is 2.83. The lowest BCUT2D eigenvalue weighted by Gasteiger charge is -2.21. The highest BCUT2D eigenvalue weighted by Crippen LogP contribution is 2.12. The van der Waals surface area contributed by atoms with Crippen LogP contribution in [0.4, 0.5) is 0 Å². The monoisotopic (exact) mass is 260 g/mol. The number of hydrogen-bond donors (Lipinski definition) is 0. The van der Waals surface area contributed by atoms with Gasteiger partial charge in [-0.15, -0.1) is 0 Å². The summed E-state index contributed by atoms with van der Waals surface area (Å²) >= 11 is 0. The molecule has 0 saturated carbocycles. The topological polar surface area (TPSA) is 43.2 Å². The minimum Gasteiger partial charge on any atom is -0.480 e. The average molecular weight is 260 g/mol. The summed E-state index contributed by atoms with van der Waals surface area (Å²) < 4.78 is 11.0. The van der Waals surface area contributed by atoms with Crippen LogP contribution in [0.2, 0.25) is 0 Å². The molecule has 0 N–H and O–H groups in total. The second kappa shape index (κ2) is 6.92. The van der Waals surface area contributed by atoms with E-state index in [0.717, 1.165) is 12.3 Å². The van der Waals surface area contributed by atoms with Gasteiger partial charge in [-0.3, -0.25) is 0 Å². The SMILES string of the molecule is CCOC1=N[C@H](Cc2ccccc2)C(OCC)=NC1. The molecule has 4 nitrogen and oxygen atoms in total. The van der Waals surface area contributed by atoms with Gasteiger partial charge in [0.2, 0.25) is 11.8 Å². The summed E-state index contributed by atoms with van der Waals surface area (Å²) in [7, 11) is 0. The highest BCUT2D eigenvalue weighted by molar-refractivity contribution is 5.92. The van der Waals surface area contributed by atoms with Gasteiger partial charge in [0, 0.05) is 6.42 Å². The number of ether oxygens (including phenoxy) is 2. The maximum atomic E-state index is 5.58. The quantitative estimate of drug-likeness (QED) is 0.834. The van der Waals surface area contributed by atoms with Crippen molar-refractivity contribution in [3.05, 3.63) is 35.9 Å². The van der Waals surface area contributed by atoms with Gasteiger partial charge < -0.3 is 9.47 Å². The van der Waals surface area contributed by atoms with Crippen LogP contribution >= 0.6 is 0 Å². The van der Waals surface area contributed by atoms with Crippen molar-refractivity contribution in [3.63, 3.8) is 0 Å². The van der Waals surface area contributed by atoms with E-state index in [1.54, 1.807) is 0 Å². The second-order valence-electron chi connectivity index (χ2n) is 4.25. The highest BCUT2D eigenvalue weighted by atomic mass is 16.5. The van der Waals surface area contributed by atoms with Crippen molar-refractivity contribution in [2.45, 2.75) is 26.3 Å². The fourth-order valence-electron chi connectivity index (χ4n) is 2.03. The number of nitrogens with zero attached hydrogens (tertiary/aromatic N) is 2. The maximum Gasteiger partial charge on any atom is 0.209 e. The molecule has 0 unspecified atom stereocenters. The second-order valence-corrected chi connectivity index (χ2v) is 4.25. The van der Waals surface area contributed by atoms with E-state index in [2.05, 4.69) is 22.1 Å². The fraction of sp³-hybridized carbons (Fsp3) is 0.467. The fourth-order valence-corrected chi connectivity index (χ4v) is 2.03. The third kappa shape index (κ3) is 3.81. The smallest absolute Gasteiger partial charge is 0.209 e. The van der Waals surface area contributed by atoms with E-state index in [4.69, 9.17) is 9.47 Å². The molecule has 2 rings (SSSR count). The molecule has 0 amide bonds. The summed E-state index contributed by atoms with van der Waals surface area (Å²) in [6, 6.07) is 10.2. The van der Waals surface area contributed by atoms with E-state index < -0.39 is 0 Å². The molecule has 1 atom stereocenters. The van der Waals surface area contributed by atoms with Crippen LogP contribution in [0, 0.1) is 0 Å². The first kappa shape index (κ1) is 13.6. The van der Waals surface area contributed by atoms with Crippen LogP contribution in [-0.2, 0) is 15.9 Å². The van der Waals surface area contributed by atoms with Crippen LogP contribution in [0.15, 0.2) is 40.3 Å². The molecule has 0 aliphatic carbocycles. The van der Waals surface area contributed by atoms with Crippen molar-refractivity contribution in [1.29, 1.82) is 0 Å². The Labute approximate surface area is 114 Å². The van der Waals surface area contributed by atoms with Crippen LogP contribution in [0.25, 0.3) is 0 Å². The molecular formula is C15H20N2O2. The van der Waals surface area contributed by atoms with Gasteiger partial charge in [-0.05, 0) is 19.4 Å². The van der Waals surface area contributed by atoms with Crippen LogP contribution in [0.1, 0.15) is 19.4 Å². The van der Waals surface area contributed by atoms with Crippen LogP contribution in [0.5, 0.6) is 0 Å². The summed E-state index contributed by atoms with van der Waals surface area (Å²) in [6.45, 7) is 5.63. The Hall–Kier alpha value is -1.84. The number of hydrogen-bond acceptors (Lipinski definition) is 4. The van der Waals surface area contributed by atoms with Gasteiger partial charge in [-0.25, -0.2) is 9.98 Å². The molecule has 1 aliphatic heterocycles. The summed E-state index contributed by atoms with van der Waals surface area (Å²) in [6.07, 6.45) is 0.788. The molecular weight excluding hydrogens is 240 g/mol. The zero-order valence-electron chi connectivity index (χ0n) is 11.5. The van der Waals surface area contributed by atoms with Crippen molar-refractivity contribution >= 4 is 11.8 Å². The van der Waals surface area contributed by atoms with Gasteiger partial charge in [0.15, 0.2) is 0 Å². The maximum absolute atomic E-state index is 5.58. The molecule has 0 radical (unpaired) electrons. The first-order valence-corrected chi connectivity index (χ1v) is 6.74. The zero-order valence-corrected chi connectivity index (χ0v) is 11.5. The Kier molecular flexibility index (Phi) is 4.95. The Bertz CT molecular complexity index is 454. The van der Waals surface area contributed by atoms with Crippen LogP contribution < -0.4 is 0 Å². The lowest BCUT2D eigenvalue weighted by molar-refractivity contribution is 0.293. The molecule has 1 aromatic rings. The van der Waals surface area contributed by atoms with Crippen molar-refractivity contribution < 1.29 is 9.47 Å². The molecule has 0 spiro atoms. The molecule has 4 heteroatoms. The Morgan fingerprint density at radius 3 is 2.53 bits per heavy atom. The molecule has 1 aliphatic rings. The molecule has 0 fully saturated rings. The predicted molar refractivity (Wildman–Crippen MR) is 76.9 cm³/mol. The summed E-state index contributed by atoms with van der Waals surface area (Å²) in [5.74, 6) is 1.42. The number of benzene rings is 1. The van der Waals surface area contributed by atoms with Crippen molar-refractivity contribution in [2.75, 3.05) is 19.8 Å². The normalized spacial score (nSPS) is 18.5. The Balaban J connectivity index is 2.11. The lowest BCUT2D eigenvalue weighted by Crippen LogP contribution is -2.31. The van der Waals surface area contributed by atoms with Gasteiger partial charge in [0.05, 0.1) is 13.2 Å². The van der Waals surface area contributed by atoms with E-state index in [0.29, 0.717) is 25.7 Å². The first-order chi connectivity index (χ1) is 9.33. The minimum absolute atomic E-state index is 0.0716. The molecule has 1 heterocycles. The van der Waals surface area contributed by atoms with Crippen molar-refractivity contribution in [3.8, 4) is 0 Å². The Morgan fingerprint density at radius 2 is 1.84 bits per heavy atom. The zero-order chi connectivity index (χ0) is 13.5. The van der Waals surface area contributed by atoms with Crippen LogP contribution in [-0.4, -0.2) is 37.6 Å². The minimum atomic E-state index is -0.0716. The lowest BCUT2D eigenvalue weighted by atomic mass is 10.1. The standard InChI is InChI=1S/C15H20N2O2/c1-3-18-14-11-16-15(19-4-2)13(17-14)10-12-8-6-5-7-9-12/h5-9,13H,3-4,10-11H2,1-2H3/t13-/m1/s1. The van der Waals surface area contributed by atoms with Crippen molar-refractivity contribution in [1.82, 2.24) is 0 Å². The van der Waals surface area contributed by atoms with Gasteiger partial charge in [-0.1, -0.05) is 30.3 Å². The highest BCUT2D eigenvalue weighted by Gasteiger charge is 2.22. The summed E-state index contributed by atoms with van der Waals surface area (Å²) in [5, 5.41) is 0. The van der Waals surface area contributed by atoms with Gasteiger partial charge in [0.25, 0.3) is 0 Å². The van der Waals surface area contributed by atoms with E-state index in [1.165, 1.54) is 5.56 Å². The molecule has 0 saturated heterocycles. The predicted octanol–water partition coefficient (Wildman–Crippen LogP) is 2.48. The molecule has 0 bridgehead atoms. The number of rotatable bonds is 4. The number of aliphatic imine (C=N–C) groups is 2. The molecule has 102 valence electrons.